The summed E-state index contributed by atoms with van der Waals surface area (Å²) in [6.07, 6.45) is 5.19. The standard InChI is InChI=1S/C28H24FN7O4/c1-17(2)36-28(39)35(21-8-4-19(29)5-9-21)27(38)25(33-36)26(37)32-20-6-10-22(11-7-20)40-23-12-13-30-24(14-23)18-15-31-34(3)16-18/h4-17H,1-3H3,(H,32,37). The maximum atomic E-state index is 13.4. The number of carbonyl (C=O) groups is 1. The summed E-state index contributed by atoms with van der Waals surface area (Å²) < 4.78 is 22.9. The van der Waals surface area contributed by atoms with Crippen LogP contribution in [-0.2, 0) is 7.05 Å². The fourth-order valence-corrected chi connectivity index (χ4v) is 3.90. The number of nitrogens with zero attached hydrogens (tertiary/aromatic N) is 6. The first kappa shape index (κ1) is 26.2. The minimum Gasteiger partial charge on any atom is -0.457 e. The van der Waals surface area contributed by atoms with Crippen molar-refractivity contribution in [3.8, 4) is 28.4 Å². The number of benzene rings is 2. The van der Waals surface area contributed by atoms with Gasteiger partial charge in [-0.3, -0.25) is 19.3 Å². The molecule has 0 saturated carbocycles. The molecule has 2 aromatic carbocycles. The Morgan fingerprint density at radius 1 is 1.00 bits per heavy atom. The second-order valence-corrected chi connectivity index (χ2v) is 9.15. The molecule has 202 valence electrons. The minimum absolute atomic E-state index is 0.117. The fraction of sp³-hybridized carbons (Fsp3) is 0.143. The molecule has 0 fully saturated rings. The summed E-state index contributed by atoms with van der Waals surface area (Å²) >= 11 is 0. The van der Waals surface area contributed by atoms with Crippen LogP contribution in [0.25, 0.3) is 16.9 Å². The summed E-state index contributed by atoms with van der Waals surface area (Å²) in [4.78, 5) is 43.6. The number of aromatic nitrogens is 6. The Bertz CT molecular complexity index is 1810. The topological polar surface area (TPSA) is 126 Å². The van der Waals surface area contributed by atoms with Gasteiger partial charge in [0.25, 0.3) is 11.5 Å². The van der Waals surface area contributed by atoms with Gasteiger partial charge >= 0.3 is 5.69 Å². The van der Waals surface area contributed by atoms with E-state index in [2.05, 4.69) is 20.5 Å². The number of ether oxygens (including phenoxy) is 1. The van der Waals surface area contributed by atoms with Crippen molar-refractivity contribution in [2.24, 2.45) is 7.05 Å². The van der Waals surface area contributed by atoms with Crippen molar-refractivity contribution in [1.82, 2.24) is 29.1 Å². The number of halogens is 1. The lowest BCUT2D eigenvalue weighted by molar-refractivity contribution is 0.101. The smallest absolute Gasteiger partial charge is 0.352 e. The molecule has 1 amide bonds. The van der Waals surface area contributed by atoms with E-state index in [1.165, 1.54) is 12.1 Å². The van der Waals surface area contributed by atoms with Gasteiger partial charge in [0, 0.05) is 36.8 Å². The maximum absolute atomic E-state index is 13.4. The van der Waals surface area contributed by atoms with E-state index in [0.29, 0.717) is 22.9 Å². The molecule has 0 bridgehead atoms. The quantitative estimate of drug-likeness (QED) is 0.331. The largest absolute Gasteiger partial charge is 0.457 e. The highest BCUT2D eigenvalue weighted by atomic mass is 19.1. The van der Waals surface area contributed by atoms with E-state index >= 15 is 0 Å². The molecule has 0 spiro atoms. The molecule has 3 heterocycles. The van der Waals surface area contributed by atoms with E-state index in [1.807, 2.05) is 13.2 Å². The van der Waals surface area contributed by atoms with Crippen LogP contribution < -0.4 is 21.3 Å². The molecule has 0 atom stereocenters. The average molecular weight is 542 g/mol. The molecule has 3 aromatic heterocycles. The zero-order valence-electron chi connectivity index (χ0n) is 21.8. The van der Waals surface area contributed by atoms with Crippen LogP contribution in [0.3, 0.4) is 0 Å². The number of pyridine rings is 1. The fourth-order valence-electron chi connectivity index (χ4n) is 3.90. The molecule has 11 nitrogen and oxygen atoms in total. The highest BCUT2D eigenvalue weighted by molar-refractivity contribution is 6.02. The number of aryl methyl sites for hydroxylation is 1. The normalized spacial score (nSPS) is 11.0. The van der Waals surface area contributed by atoms with Gasteiger partial charge in [-0.15, -0.1) is 0 Å². The zero-order chi connectivity index (χ0) is 28.4. The van der Waals surface area contributed by atoms with Crippen molar-refractivity contribution in [1.29, 1.82) is 0 Å². The van der Waals surface area contributed by atoms with Crippen molar-refractivity contribution >= 4 is 11.6 Å². The molecule has 1 N–H and O–H groups in total. The predicted octanol–water partition coefficient (Wildman–Crippen LogP) is 3.95. The summed E-state index contributed by atoms with van der Waals surface area (Å²) in [5.41, 5.74) is -0.109. The number of anilines is 1. The number of carbonyl (C=O) groups excluding carboxylic acids is 1. The van der Waals surface area contributed by atoms with Crippen LogP contribution >= 0.6 is 0 Å². The first-order chi connectivity index (χ1) is 19.2. The van der Waals surface area contributed by atoms with Crippen LogP contribution in [0, 0.1) is 5.82 Å². The van der Waals surface area contributed by atoms with Gasteiger partial charge in [0.2, 0.25) is 5.69 Å². The van der Waals surface area contributed by atoms with Crippen LogP contribution in [-0.4, -0.2) is 35.0 Å². The number of rotatable bonds is 7. The van der Waals surface area contributed by atoms with Crippen LogP contribution in [0.15, 0.2) is 88.8 Å². The molecule has 12 heteroatoms. The van der Waals surface area contributed by atoms with E-state index in [4.69, 9.17) is 4.74 Å². The number of hydrogen-bond donors (Lipinski definition) is 1. The summed E-state index contributed by atoms with van der Waals surface area (Å²) in [7, 11) is 1.82. The molecule has 0 aliphatic rings. The van der Waals surface area contributed by atoms with Crippen LogP contribution in [0.4, 0.5) is 10.1 Å². The van der Waals surface area contributed by atoms with Crippen LogP contribution in [0.2, 0.25) is 0 Å². The van der Waals surface area contributed by atoms with E-state index < -0.39 is 34.7 Å². The maximum Gasteiger partial charge on any atom is 0.352 e. The monoisotopic (exact) mass is 541 g/mol. The molecule has 0 aliphatic carbocycles. The predicted molar refractivity (Wildman–Crippen MR) is 145 cm³/mol. The Morgan fingerprint density at radius 2 is 1.73 bits per heavy atom. The van der Waals surface area contributed by atoms with Gasteiger partial charge in [0.15, 0.2) is 0 Å². The zero-order valence-corrected chi connectivity index (χ0v) is 21.8. The summed E-state index contributed by atoms with van der Waals surface area (Å²) in [5.74, 6) is -0.268. The van der Waals surface area contributed by atoms with Gasteiger partial charge in [-0.05, 0) is 68.4 Å². The molecule has 5 aromatic rings. The van der Waals surface area contributed by atoms with Crippen molar-refractivity contribution in [2.75, 3.05) is 5.32 Å². The second-order valence-electron chi connectivity index (χ2n) is 9.15. The first-order valence-corrected chi connectivity index (χ1v) is 12.3. The average Bonchev–Trinajstić information content (AvgIpc) is 3.37. The lowest BCUT2D eigenvalue weighted by Gasteiger charge is -2.14. The molecular formula is C28H24FN7O4. The third-order valence-electron chi connectivity index (χ3n) is 5.87. The number of amides is 1. The molecule has 0 saturated heterocycles. The Hall–Kier alpha value is -5.39. The van der Waals surface area contributed by atoms with E-state index in [0.717, 1.165) is 26.9 Å². The lowest BCUT2D eigenvalue weighted by Crippen LogP contribution is -2.45. The van der Waals surface area contributed by atoms with E-state index in [9.17, 15) is 18.8 Å². The highest BCUT2D eigenvalue weighted by Crippen LogP contribution is 2.26. The van der Waals surface area contributed by atoms with Crippen molar-refractivity contribution < 1.29 is 13.9 Å². The minimum atomic E-state index is -0.923. The third kappa shape index (κ3) is 5.41. The number of hydrogen-bond acceptors (Lipinski definition) is 7. The molecule has 0 aliphatic heterocycles. The van der Waals surface area contributed by atoms with Gasteiger partial charge in [0.1, 0.15) is 17.3 Å². The highest BCUT2D eigenvalue weighted by Gasteiger charge is 2.22. The molecule has 5 rings (SSSR count). The first-order valence-electron chi connectivity index (χ1n) is 12.3. The summed E-state index contributed by atoms with van der Waals surface area (Å²) in [5, 5.41) is 10.8. The second kappa shape index (κ2) is 10.8. The molecule has 0 radical (unpaired) electrons. The van der Waals surface area contributed by atoms with Gasteiger partial charge in [0.05, 0.1) is 23.6 Å². The third-order valence-corrected chi connectivity index (χ3v) is 5.87. The molecular weight excluding hydrogens is 517 g/mol. The Morgan fingerprint density at radius 3 is 2.38 bits per heavy atom. The Balaban J connectivity index is 1.37. The van der Waals surface area contributed by atoms with Gasteiger partial charge in [-0.25, -0.2) is 18.4 Å². The summed E-state index contributed by atoms with van der Waals surface area (Å²) in [6.45, 7) is 3.38. The summed E-state index contributed by atoms with van der Waals surface area (Å²) in [6, 6.07) is 14.4. The van der Waals surface area contributed by atoms with E-state index in [-0.39, 0.29) is 5.69 Å². The van der Waals surface area contributed by atoms with Crippen LogP contribution in [0.5, 0.6) is 11.5 Å². The lowest BCUT2D eigenvalue weighted by atomic mass is 10.2. The SMILES string of the molecule is CC(C)n1nc(C(=O)Nc2ccc(Oc3ccnc(-c4cnn(C)c4)c3)cc2)c(=O)n(-c2ccc(F)cc2)c1=O. The van der Waals surface area contributed by atoms with Crippen molar-refractivity contribution in [3.63, 3.8) is 0 Å². The van der Waals surface area contributed by atoms with Crippen molar-refractivity contribution in [3.05, 3.63) is 112 Å². The number of nitrogens with one attached hydrogen (secondary N) is 1. The Kier molecular flexibility index (Phi) is 7.06. The van der Waals surface area contributed by atoms with Gasteiger partial charge < -0.3 is 10.1 Å². The van der Waals surface area contributed by atoms with Gasteiger partial charge in [-0.1, -0.05) is 0 Å². The Labute approximate surface area is 227 Å². The van der Waals surface area contributed by atoms with Gasteiger partial charge in [-0.2, -0.15) is 10.2 Å². The molecule has 40 heavy (non-hydrogen) atoms. The van der Waals surface area contributed by atoms with E-state index in [1.54, 1.807) is 67.3 Å². The molecule has 0 unspecified atom stereocenters. The van der Waals surface area contributed by atoms with Crippen LogP contribution in [0.1, 0.15) is 30.4 Å². The van der Waals surface area contributed by atoms with Crippen molar-refractivity contribution in [2.45, 2.75) is 19.9 Å².